The van der Waals surface area contributed by atoms with Crippen molar-refractivity contribution in [3.05, 3.63) is 113 Å². The number of halogens is 1. The van der Waals surface area contributed by atoms with E-state index >= 15 is 0 Å². The maximum atomic E-state index is 6.60. The van der Waals surface area contributed by atoms with E-state index in [0.29, 0.717) is 0 Å². The fourth-order valence-electron chi connectivity index (χ4n) is 4.91. The van der Waals surface area contributed by atoms with Crippen molar-refractivity contribution in [2.24, 2.45) is 0 Å². The monoisotopic (exact) mass is 435 g/mol. The molecule has 0 aliphatic carbocycles. The highest BCUT2D eigenvalue weighted by molar-refractivity contribution is 6.30. The van der Waals surface area contributed by atoms with E-state index in [1.807, 2.05) is 18.2 Å². The smallest absolute Gasteiger partial charge is 0.157 e. The molecular formula is C29H22ClNO. The Bertz CT molecular complexity index is 1460. The third-order valence-electron chi connectivity index (χ3n) is 6.48. The molecule has 0 N–H and O–H groups in total. The van der Waals surface area contributed by atoms with Crippen LogP contribution in [0.25, 0.3) is 27.7 Å². The van der Waals surface area contributed by atoms with E-state index in [4.69, 9.17) is 16.3 Å². The summed E-state index contributed by atoms with van der Waals surface area (Å²) in [7, 11) is 0. The largest absolute Gasteiger partial charge is 0.454 e. The second-order valence-electron chi connectivity index (χ2n) is 8.81. The average Bonchev–Trinajstić information content (AvgIpc) is 3.15. The van der Waals surface area contributed by atoms with Gasteiger partial charge in [-0.15, -0.1) is 0 Å². The van der Waals surface area contributed by atoms with E-state index in [9.17, 15) is 0 Å². The highest BCUT2D eigenvalue weighted by atomic mass is 35.5. The molecule has 2 nitrogen and oxygen atoms in total. The van der Waals surface area contributed by atoms with Gasteiger partial charge in [0.15, 0.2) is 5.75 Å². The van der Waals surface area contributed by atoms with E-state index in [-0.39, 0.29) is 5.41 Å². The van der Waals surface area contributed by atoms with Gasteiger partial charge in [-0.25, -0.2) is 0 Å². The number of fused-ring (bicyclic) bond motifs is 4. The van der Waals surface area contributed by atoms with Crippen LogP contribution in [0.4, 0.5) is 0 Å². The zero-order chi connectivity index (χ0) is 21.9. The molecule has 1 aliphatic heterocycles. The fraction of sp³-hybridized carbons (Fsp3) is 0.103. The third-order valence-corrected chi connectivity index (χ3v) is 6.73. The summed E-state index contributed by atoms with van der Waals surface area (Å²) < 4.78 is 8.95. The molecule has 0 spiro atoms. The molecular weight excluding hydrogens is 414 g/mol. The number of rotatable bonds is 2. The standard InChI is InChI=1S/C29H22ClNO/c1-29(2)24-10-6-7-11-26(24)32-27-23-18-20(19-12-15-21(30)16-13-19)14-17-25(23)31(28(27)29)22-8-4-3-5-9-22/h3-18H,1-2H3. The van der Waals surface area contributed by atoms with Crippen LogP contribution in [0.15, 0.2) is 97.1 Å². The molecule has 6 rings (SSSR count). The molecule has 0 saturated heterocycles. The van der Waals surface area contributed by atoms with Crippen LogP contribution in [-0.2, 0) is 5.41 Å². The second kappa shape index (κ2) is 7.01. The van der Waals surface area contributed by atoms with Gasteiger partial charge in [0.25, 0.3) is 0 Å². The van der Waals surface area contributed by atoms with Gasteiger partial charge in [-0.3, -0.25) is 0 Å². The van der Waals surface area contributed by atoms with E-state index < -0.39 is 0 Å². The van der Waals surface area contributed by atoms with Crippen LogP contribution < -0.4 is 4.74 Å². The number of ether oxygens (including phenoxy) is 1. The van der Waals surface area contributed by atoms with Crippen molar-refractivity contribution >= 4 is 22.5 Å². The molecule has 1 aromatic heterocycles. The van der Waals surface area contributed by atoms with Crippen LogP contribution in [0.5, 0.6) is 11.5 Å². The molecule has 2 heterocycles. The predicted octanol–water partition coefficient (Wildman–Crippen LogP) is 8.38. The minimum Gasteiger partial charge on any atom is -0.454 e. The molecule has 3 heteroatoms. The van der Waals surface area contributed by atoms with Crippen LogP contribution in [0.2, 0.25) is 5.02 Å². The number of hydrogen-bond acceptors (Lipinski definition) is 1. The Morgan fingerprint density at radius 3 is 2.22 bits per heavy atom. The van der Waals surface area contributed by atoms with Crippen LogP contribution in [0.1, 0.15) is 25.1 Å². The van der Waals surface area contributed by atoms with Gasteiger partial charge in [0.1, 0.15) is 5.75 Å². The van der Waals surface area contributed by atoms with Gasteiger partial charge in [-0.2, -0.15) is 0 Å². The first kappa shape index (κ1) is 19.2. The van der Waals surface area contributed by atoms with Gasteiger partial charge in [-0.05, 0) is 67.4 Å². The predicted molar refractivity (Wildman–Crippen MR) is 132 cm³/mol. The highest BCUT2D eigenvalue weighted by Crippen LogP contribution is 2.53. The summed E-state index contributed by atoms with van der Waals surface area (Å²) in [6, 6.07) is 33.5. The normalized spacial score (nSPS) is 14.0. The highest BCUT2D eigenvalue weighted by Gasteiger charge is 2.39. The molecule has 0 fully saturated rings. The van der Waals surface area contributed by atoms with E-state index in [2.05, 4.69) is 97.3 Å². The zero-order valence-electron chi connectivity index (χ0n) is 18.0. The number of nitrogens with zero attached hydrogens (tertiary/aromatic N) is 1. The first-order chi connectivity index (χ1) is 15.5. The molecule has 0 unspecified atom stereocenters. The summed E-state index contributed by atoms with van der Waals surface area (Å²) >= 11 is 6.12. The van der Waals surface area contributed by atoms with E-state index in [0.717, 1.165) is 44.2 Å². The first-order valence-electron chi connectivity index (χ1n) is 10.8. The van der Waals surface area contributed by atoms with Crippen molar-refractivity contribution < 1.29 is 4.74 Å². The molecule has 0 atom stereocenters. The minimum absolute atomic E-state index is 0.223. The molecule has 156 valence electrons. The van der Waals surface area contributed by atoms with E-state index in [1.165, 1.54) is 11.3 Å². The van der Waals surface area contributed by atoms with Gasteiger partial charge < -0.3 is 9.30 Å². The third kappa shape index (κ3) is 2.80. The van der Waals surface area contributed by atoms with Gasteiger partial charge in [0.2, 0.25) is 0 Å². The Balaban J connectivity index is 1.68. The maximum absolute atomic E-state index is 6.60. The van der Waals surface area contributed by atoms with Gasteiger partial charge >= 0.3 is 0 Å². The molecule has 0 amide bonds. The SMILES string of the molecule is CC1(C)c2ccccc2Oc2c1n(-c1ccccc1)c1ccc(-c3ccc(Cl)cc3)cc21. The Labute approximate surface area is 192 Å². The van der Waals surface area contributed by atoms with Gasteiger partial charge in [0.05, 0.1) is 11.2 Å². The van der Waals surface area contributed by atoms with Crippen LogP contribution in [0.3, 0.4) is 0 Å². The molecule has 0 saturated carbocycles. The summed E-state index contributed by atoms with van der Waals surface area (Å²) in [6.07, 6.45) is 0. The Hall–Kier alpha value is -3.49. The van der Waals surface area contributed by atoms with Crippen molar-refractivity contribution in [2.75, 3.05) is 0 Å². The lowest BCUT2D eigenvalue weighted by Crippen LogP contribution is -2.26. The first-order valence-corrected chi connectivity index (χ1v) is 11.2. The summed E-state index contributed by atoms with van der Waals surface area (Å²) in [5.74, 6) is 1.86. The quantitative estimate of drug-likeness (QED) is 0.271. The van der Waals surface area contributed by atoms with Crippen molar-refractivity contribution in [2.45, 2.75) is 19.3 Å². The Kier molecular flexibility index (Phi) is 4.21. The summed E-state index contributed by atoms with van der Waals surface area (Å²) in [6.45, 7) is 4.57. The minimum atomic E-state index is -0.223. The molecule has 0 bridgehead atoms. The summed E-state index contributed by atoms with van der Waals surface area (Å²) in [5, 5.41) is 1.85. The summed E-state index contributed by atoms with van der Waals surface area (Å²) in [4.78, 5) is 0. The Morgan fingerprint density at radius 2 is 1.44 bits per heavy atom. The lowest BCUT2D eigenvalue weighted by atomic mass is 9.79. The topological polar surface area (TPSA) is 14.2 Å². The van der Waals surface area contributed by atoms with Gasteiger partial charge in [0, 0.05) is 27.1 Å². The van der Waals surface area contributed by atoms with Gasteiger partial charge in [-0.1, -0.05) is 66.2 Å². The number of hydrogen-bond donors (Lipinski definition) is 0. The van der Waals surface area contributed by atoms with Crippen LogP contribution >= 0.6 is 11.6 Å². The lowest BCUT2D eigenvalue weighted by Gasteiger charge is -2.34. The summed E-state index contributed by atoms with van der Waals surface area (Å²) in [5.41, 5.74) is 6.69. The molecule has 0 radical (unpaired) electrons. The average molecular weight is 436 g/mol. The van der Waals surface area contributed by atoms with Crippen LogP contribution in [0, 0.1) is 0 Å². The van der Waals surface area contributed by atoms with Crippen molar-refractivity contribution in [1.29, 1.82) is 0 Å². The molecule has 4 aromatic carbocycles. The molecule has 1 aliphatic rings. The molecule has 5 aromatic rings. The molecule has 32 heavy (non-hydrogen) atoms. The lowest BCUT2D eigenvalue weighted by molar-refractivity contribution is 0.414. The van der Waals surface area contributed by atoms with Crippen LogP contribution in [-0.4, -0.2) is 4.57 Å². The number of para-hydroxylation sites is 2. The van der Waals surface area contributed by atoms with Crippen molar-refractivity contribution in [1.82, 2.24) is 4.57 Å². The van der Waals surface area contributed by atoms with Crippen molar-refractivity contribution in [3.8, 4) is 28.3 Å². The maximum Gasteiger partial charge on any atom is 0.157 e. The zero-order valence-corrected chi connectivity index (χ0v) is 18.7. The number of benzene rings is 4. The fourth-order valence-corrected chi connectivity index (χ4v) is 5.03. The Morgan fingerprint density at radius 1 is 0.750 bits per heavy atom. The van der Waals surface area contributed by atoms with Crippen molar-refractivity contribution in [3.63, 3.8) is 0 Å². The second-order valence-corrected chi connectivity index (χ2v) is 9.25. The number of aromatic nitrogens is 1. The van der Waals surface area contributed by atoms with E-state index in [1.54, 1.807) is 0 Å².